The summed E-state index contributed by atoms with van der Waals surface area (Å²) >= 11 is 1.52. The number of aryl methyl sites for hydroxylation is 2. The van der Waals surface area contributed by atoms with Crippen LogP contribution in [0.1, 0.15) is 17.0 Å². The molecule has 0 bridgehead atoms. The van der Waals surface area contributed by atoms with Crippen LogP contribution in [-0.2, 0) is 12.8 Å². The fourth-order valence-corrected chi connectivity index (χ4v) is 3.48. The van der Waals surface area contributed by atoms with Crippen LogP contribution in [0, 0.1) is 13.8 Å². The molecule has 4 aromatic rings. The topological polar surface area (TPSA) is 69.6 Å². The summed E-state index contributed by atoms with van der Waals surface area (Å²) in [5.74, 6) is 2.55. The number of benzene rings is 2. The van der Waals surface area contributed by atoms with Crippen LogP contribution in [0.2, 0.25) is 0 Å². The second-order valence-corrected chi connectivity index (χ2v) is 7.34. The molecule has 4 rings (SSSR count). The smallest absolute Gasteiger partial charge is 0.237 e. The number of nitrogens with zero attached hydrogens (tertiary/aromatic N) is 5. The molecule has 0 fully saturated rings. The third-order valence-corrected chi connectivity index (χ3v) is 5.22. The molecule has 0 radical (unpaired) electrons. The second-order valence-electron chi connectivity index (χ2n) is 6.40. The number of hydrogen-bond acceptors (Lipinski definition) is 6. The van der Waals surface area contributed by atoms with E-state index >= 15 is 0 Å². The van der Waals surface area contributed by atoms with Gasteiger partial charge in [-0.15, -0.1) is 10.2 Å². The Bertz CT molecular complexity index is 1070. The lowest BCUT2D eigenvalue weighted by atomic mass is 10.1. The van der Waals surface area contributed by atoms with Gasteiger partial charge in [-0.25, -0.2) is 0 Å². The van der Waals surface area contributed by atoms with Crippen molar-refractivity contribution >= 4 is 11.8 Å². The van der Waals surface area contributed by atoms with Crippen molar-refractivity contribution in [2.75, 3.05) is 0 Å². The Kier molecular flexibility index (Phi) is 4.77. The van der Waals surface area contributed by atoms with E-state index in [0.29, 0.717) is 17.5 Å². The van der Waals surface area contributed by atoms with Crippen molar-refractivity contribution in [2.24, 2.45) is 7.05 Å². The Hall–Kier alpha value is -2.93. The van der Waals surface area contributed by atoms with Crippen LogP contribution in [0.3, 0.4) is 0 Å². The summed E-state index contributed by atoms with van der Waals surface area (Å²) in [7, 11) is 1.96. The van der Waals surface area contributed by atoms with Crippen LogP contribution in [0.15, 0.2) is 58.2 Å². The summed E-state index contributed by atoms with van der Waals surface area (Å²) < 4.78 is 7.36. The molecule has 2 aromatic heterocycles. The van der Waals surface area contributed by atoms with Crippen molar-refractivity contribution in [1.82, 2.24) is 24.9 Å². The summed E-state index contributed by atoms with van der Waals surface area (Å²) in [5.41, 5.74) is 4.39. The molecule has 6 nitrogen and oxygen atoms in total. The lowest BCUT2D eigenvalue weighted by Crippen LogP contribution is -1.95. The van der Waals surface area contributed by atoms with E-state index in [1.165, 1.54) is 22.9 Å². The molecule has 0 aliphatic rings. The van der Waals surface area contributed by atoms with Crippen LogP contribution in [0.4, 0.5) is 0 Å². The molecule has 0 spiro atoms. The van der Waals surface area contributed by atoms with Gasteiger partial charge in [0.2, 0.25) is 11.7 Å². The summed E-state index contributed by atoms with van der Waals surface area (Å²) in [6.07, 6.45) is 0. The van der Waals surface area contributed by atoms with Crippen LogP contribution < -0.4 is 0 Å². The van der Waals surface area contributed by atoms with Gasteiger partial charge >= 0.3 is 0 Å². The third kappa shape index (κ3) is 3.78. The van der Waals surface area contributed by atoms with Gasteiger partial charge in [-0.1, -0.05) is 70.5 Å². The lowest BCUT2D eigenvalue weighted by Gasteiger charge is -2.03. The van der Waals surface area contributed by atoms with E-state index < -0.39 is 0 Å². The number of hydrogen-bond donors (Lipinski definition) is 0. The predicted octanol–water partition coefficient (Wildman–Crippen LogP) is 4.44. The third-order valence-electron chi connectivity index (χ3n) is 4.21. The fraction of sp³-hybridized carbons (Fsp3) is 0.200. The molecule has 0 saturated heterocycles. The van der Waals surface area contributed by atoms with E-state index in [-0.39, 0.29) is 0 Å². The summed E-state index contributed by atoms with van der Waals surface area (Å²) in [5, 5.41) is 13.5. The highest BCUT2D eigenvalue weighted by Crippen LogP contribution is 2.26. The van der Waals surface area contributed by atoms with E-state index in [9.17, 15) is 0 Å². The first-order valence-corrected chi connectivity index (χ1v) is 9.57. The average Bonchev–Trinajstić information content (AvgIpc) is 3.27. The zero-order valence-electron chi connectivity index (χ0n) is 15.4. The van der Waals surface area contributed by atoms with Gasteiger partial charge in [-0.3, -0.25) is 0 Å². The van der Waals surface area contributed by atoms with Crippen LogP contribution in [0.25, 0.3) is 22.8 Å². The molecule has 2 heterocycles. The molecule has 0 N–H and O–H groups in total. The minimum absolute atomic E-state index is 0.540. The van der Waals surface area contributed by atoms with Crippen molar-refractivity contribution < 1.29 is 4.52 Å². The van der Waals surface area contributed by atoms with E-state index in [1.807, 2.05) is 54.9 Å². The SMILES string of the molecule is Cc1ccc(-c2noc(CSc3nnc(-c4cccc(C)c4)n3C)n2)cc1. The molecule has 7 heteroatoms. The quantitative estimate of drug-likeness (QED) is 0.479. The van der Waals surface area contributed by atoms with Crippen LogP contribution in [-0.4, -0.2) is 24.9 Å². The molecular formula is C20H19N5OS. The minimum atomic E-state index is 0.540. The van der Waals surface area contributed by atoms with E-state index in [4.69, 9.17) is 4.52 Å². The number of aromatic nitrogens is 5. The van der Waals surface area contributed by atoms with Crippen LogP contribution in [0.5, 0.6) is 0 Å². The maximum atomic E-state index is 5.38. The van der Waals surface area contributed by atoms with Crippen LogP contribution >= 0.6 is 11.8 Å². The predicted molar refractivity (Wildman–Crippen MR) is 105 cm³/mol. The first-order valence-electron chi connectivity index (χ1n) is 8.59. The van der Waals surface area contributed by atoms with Crippen molar-refractivity contribution in [3.8, 4) is 22.8 Å². The maximum absolute atomic E-state index is 5.38. The Morgan fingerprint density at radius 1 is 0.963 bits per heavy atom. The molecule has 0 unspecified atom stereocenters. The van der Waals surface area contributed by atoms with Crippen molar-refractivity contribution in [3.05, 3.63) is 65.5 Å². The Balaban J connectivity index is 1.47. The molecule has 0 saturated carbocycles. The first-order chi connectivity index (χ1) is 13.1. The van der Waals surface area contributed by atoms with Gasteiger partial charge in [0.25, 0.3) is 0 Å². The van der Waals surface area contributed by atoms with Gasteiger partial charge in [0, 0.05) is 18.2 Å². The highest BCUT2D eigenvalue weighted by molar-refractivity contribution is 7.98. The highest BCUT2D eigenvalue weighted by atomic mass is 32.2. The van der Waals surface area contributed by atoms with Gasteiger partial charge in [-0.05, 0) is 19.9 Å². The monoisotopic (exact) mass is 377 g/mol. The standard InChI is InChI=1S/C20H19N5OS/c1-13-7-9-15(10-8-13)18-21-17(26-24-18)12-27-20-23-22-19(25(20)3)16-6-4-5-14(2)11-16/h4-11H,12H2,1-3H3. The molecule has 136 valence electrons. The first kappa shape index (κ1) is 17.5. The molecule has 0 aliphatic heterocycles. The van der Waals surface area contributed by atoms with Gasteiger partial charge in [0.1, 0.15) is 0 Å². The minimum Gasteiger partial charge on any atom is -0.338 e. The van der Waals surface area contributed by atoms with Crippen molar-refractivity contribution in [3.63, 3.8) is 0 Å². The fourth-order valence-electron chi connectivity index (χ4n) is 2.74. The lowest BCUT2D eigenvalue weighted by molar-refractivity contribution is 0.391. The van der Waals surface area contributed by atoms with Gasteiger partial charge < -0.3 is 9.09 Å². The second kappa shape index (κ2) is 7.36. The zero-order valence-corrected chi connectivity index (χ0v) is 16.2. The largest absolute Gasteiger partial charge is 0.338 e. The zero-order chi connectivity index (χ0) is 18.8. The van der Waals surface area contributed by atoms with E-state index in [0.717, 1.165) is 22.1 Å². The molecule has 0 atom stereocenters. The molecular weight excluding hydrogens is 358 g/mol. The summed E-state index contributed by atoms with van der Waals surface area (Å²) in [6, 6.07) is 16.3. The van der Waals surface area contributed by atoms with Gasteiger partial charge in [0.15, 0.2) is 11.0 Å². The van der Waals surface area contributed by atoms with E-state index in [2.05, 4.69) is 39.4 Å². The Labute approximate surface area is 161 Å². The van der Waals surface area contributed by atoms with Crippen molar-refractivity contribution in [1.29, 1.82) is 0 Å². The molecule has 0 amide bonds. The summed E-state index contributed by atoms with van der Waals surface area (Å²) in [6.45, 7) is 4.12. The normalized spacial score (nSPS) is 11.1. The number of rotatable bonds is 5. The highest BCUT2D eigenvalue weighted by Gasteiger charge is 2.14. The number of thioether (sulfide) groups is 1. The Morgan fingerprint density at radius 2 is 1.78 bits per heavy atom. The Morgan fingerprint density at radius 3 is 2.56 bits per heavy atom. The molecule has 0 aliphatic carbocycles. The molecule has 2 aromatic carbocycles. The van der Waals surface area contributed by atoms with Gasteiger partial charge in [0.05, 0.1) is 5.75 Å². The van der Waals surface area contributed by atoms with Gasteiger partial charge in [-0.2, -0.15) is 4.98 Å². The average molecular weight is 377 g/mol. The maximum Gasteiger partial charge on any atom is 0.237 e. The van der Waals surface area contributed by atoms with Crippen molar-refractivity contribution in [2.45, 2.75) is 24.8 Å². The summed E-state index contributed by atoms with van der Waals surface area (Å²) in [4.78, 5) is 4.48. The molecule has 27 heavy (non-hydrogen) atoms. The van der Waals surface area contributed by atoms with E-state index in [1.54, 1.807) is 0 Å².